The maximum absolute atomic E-state index is 12.3. The molecule has 0 amide bonds. The summed E-state index contributed by atoms with van der Waals surface area (Å²) >= 11 is 5.94. The van der Waals surface area contributed by atoms with E-state index in [9.17, 15) is 9.59 Å². The van der Waals surface area contributed by atoms with Crippen LogP contribution in [0.25, 0.3) is 6.08 Å². The van der Waals surface area contributed by atoms with Crippen LogP contribution >= 0.6 is 11.6 Å². The Labute approximate surface area is 138 Å². The topological polar surface area (TPSA) is 52.6 Å². The number of benzene rings is 2. The van der Waals surface area contributed by atoms with E-state index in [0.717, 1.165) is 5.56 Å². The highest BCUT2D eigenvalue weighted by Crippen LogP contribution is 2.35. The van der Waals surface area contributed by atoms with E-state index < -0.39 is 0 Å². The summed E-state index contributed by atoms with van der Waals surface area (Å²) in [7, 11) is 0. The summed E-state index contributed by atoms with van der Waals surface area (Å²) in [6.07, 6.45) is 1.91. The van der Waals surface area contributed by atoms with Gasteiger partial charge in [-0.15, -0.1) is 0 Å². The minimum Gasteiger partial charge on any atom is -0.452 e. The molecule has 0 saturated carbocycles. The first-order chi connectivity index (χ1) is 11.1. The van der Waals surface area contributed by atoms with Gasteiger partial charge in [-0.3, -0.25) is 9.59 Å². The van der Waals surface area contributed by atoms with Crippen molar-refractivity contribution in [3.05, 3.63) is 64.4 Å². The standard InChI is InChI=1S/C18H13ClO4/c1-2-17(20)22-13-6-7-14-15(10-13)23-16(18(14)21)9-11-4-3-5-12(19)8-11/h3-10H,2H2,1H3. The summed E-state index contributed by atoms with van der Waals surface area (Å²) in [6, 6.07) is 11.8. The lowest BCUT2D eigenvalue weighted by Gasteiger charge is -2.04. The summed E-state index contributed by atoms with van der Waals surface area (Å²) in [6.45, 7) is 1.71. The number of carbonyl (C=O) groups is 2. The first-order valence-corrected chi connectivity index (χ1v) is 7.49. The Kier molecular flexibility index (Phi) is 4.17. The van der Waals surface area contributed by atoms with Gasteiger partial charge in [0.05, 0.1) is 5.56 Å². The monoisotopic (exact) mass is 328 g/mol. The zero-order chi connectivity index (χ0) is 16.4. The normalized spacial score (nSPS) is 14.5. The molecule has 1 aliphatic heterocycles. The number of ketones is 1. The molecule has 4 nitrogen and oxygen atoms in total. The number of fused-ring (bicyclic) bond motifs is 1. The molecule has 5 heteroatoms. The molecule has 1 aliphatic rings. The van der Waals surface area contributed by atoms with Gasteiger partial charge in [-0.1, -0.05) is 30.7 Å². The summed E-state index contributed by atoms with van der Waals surface area (Å²) in [5.74, 6) is 0.385. The maximum Gasteiger partial charge on any atom is 0.310 e. The predicted octanol–water partition coefficient (Wildman–Crippen LogP) is 4.27. The van der Waals surface area contributed by atoms with Crippen molar-refractivity contribution in [2.75, 3.05) is 0 Å². The molecule has 0 fully saturated rings. The molecule has 0 N–H and O–H groups in total. The van der Waals surface area contributed by atoms with E-state index >= 15 is 0 Å². The third-order valence-corrected chi connectivity index (χ3v) is 3.54. The largest absolute Gasteiger partial charge is 0.452 e. The summed E-state index contributed by atoms with van der Waals surface area (Å²) in [4.78, 5) is 23.7. The molecule has 0 aromatic heterocycles. The fourth-order valence-electron chi connectivity index (χ4n) is 2.18. The first-order valence-electron chi connectivity index (χ1n) is 7.11. The lowest BCUT2D eigenvalue weighted by molar-refractivity contribution is -0.134. The number of Topliss-reactive ketones (excluding diaryl/α,β-unsaturated/α-hetero) is 1. The number of esters is 1. The van der Waals surface area contributed by atoms with Crippen LogP contribution in [0.2, 0.25) is 5.02 Å². The highest BCUT2D eigenvalue weighted by atomic mass is 35.5. The van der Waals surface area contributed by atoms with Crippen LogP contribution in [-0.4, -0.2) is 11.8 Å². The van der Waals surface area contributed by atoms with Crippen LogP contribution in [-0.2, 0) is 4.79 Å². The summed E-state index contributed by atoms with van der Waals surface area (Å²) in [5, 5.41) is 0.580. The van der Waals surface area contributed by atoms with Crippen molar-refractivity contribution in [3.63, 3.8) is 0 Å². The minimum atomic E-state index is -0.344. The molecule has 3 rings (SSSR count). The number of halogens is 1. The third kappa shape index (κ3) is 3.27. The Morgan fingerprint density at radius 1 is 1.26 bits per heavy atom. The molecule has 23 heavy (non-hydrogen) atoms. The van der Waals surface area contributed by atoms with Crippen molar-refractivity contribution >= 4 is 29.4 Å². The first kappa shape index (κ1) is 15.3. The molecule has 0 spiro atoms. The van der Waals surface area contributed by atoms with Gasteiger partial charge < -0.3 is 9.47 Å². The van der Waals surface area contributed by atoms with Crippen LogP contribution in [0.1, 0.15) is 29.3 Å². The Hall–Kier alpha value is -2.59. The second kappa shape index (κ2) is 6.26. The minimum absolute atomic E-state index is 0.209. The number of hydrogen-bond donors (Lipinski definition) is 0. The number of ether oxygens (including phenoxy) is 2. The zero-order valence-corrected chi connectivity index (χ0v) is 13.1. The van der Waals surface area contributed by atoms with Gasteiger partial charge in [-0.25, -0.2) is 0 Å². The van der Waals surface area contributed by atoms with Gasteiger partial charge in [0.25, 0.3) is 0 Å². The highest BCUT2D eigenvalue weighted by molar-refractivity contribution is 6.30. The molecular weight excluding hydrogens is 316 g/mol. The van der Waals surface area contributed by atoms with Crippen LogP contribution < -0.4 is 9.47 Å². The van der Waals surface area contributed by atoms with E-state index in [4.69, 9.17) is 21.1 Å². The second-order valence-electron chi connectivity index (χ2n) is 4.98. The maximum atomic E-state index is 12.3. The number of carbonyl (C=O) groups excluding carboxylic acids is 2. The van der Waals surface area contributed by atoms with E-state index in [1.807, 2.05) is 6.07 Å². The van der Waals surface area contributed by atoms with Crippen molar-refractivity contribution in [1.29, 1.82) is 0 Å². The van der Waals surface area contributed by atoms with Gasteiger partial charge in [-0.05, 0) is 35.9 Å². The molecule has 1 heterocycles. The molecule has 0 bridgehead atoms. The van der Waals surface area contributed by atoms with Crippen molar-refractivity contribution in [1.82, 2.24) is 0 Å². The van der Waals surface area contributed by atoms with Gasteiger partial charge >= 0.3 is 5.97 Å². The molecule has 2 aromatic carbocycles. The Bertz CT molecular complexity index is 824. The number of hydrogen-bond acceptors (Lipinski definition) is 4. The van der Waals surface area contributed by atoms with Gasteiger partial charge in [-0.2, -0.15) is 0 Å². The van der Waals surface area contributed by atoms with Crippen LogP contribution in [0.3, 0.4) is 0 Å². The van der Waals surface area contributed by atoms with Gasteiger partial charge in [0, 0.05) is 17.5 Å². The van der Waals surface area contributed by atoms with Gasteiger partial charge in [0.15, 0.2) is 5.76 Å². The molecular formula is C18H13ClO4. The van der Waals surface area contributed by atoms with Crippen molar-refractivity contribution in [2.24, 2.45) is 0 Å². The predicted molar refractivity (Wildman–Crippen MR) is 86.8 cm³/mol. The average Bonchev–Trinajstić information content (AvgIpc) is 2.83. The Morgan fingerprint density at radius 2 is 2.09 bits per heavy atom. The van der Waals surface area contributed by atoms with Crippen LogP contribution in [0, 0.1) is 0 Å². The van der Waals surface area contributed by atoms with Crippen LogP contribution in [0.4, 0.5) is 0 Å². The molecule has 116 valence electrons. The summed E-state index contributed by atoms with van der Waals surface area (Å²) < 4.78 is 10.7. The van der Waals surface area contributed by atoms with Crippen LogP contribution in [0.15, 0.2) is 48.2 Å². The SMILES string of the molecule is CCC(=O)Oc1ccc2c(c1)OC(=Cc1cccc(Cl)c1)C2=O. The lowest BCUT2D eigenvalue weighted by Crippen LogP contribution is -2.05. The van der Waals surface area contributed by atoms with E-state index in [-0.39, 0.29) is 23.9 Å². The zero-order valence-electron chi connectivity index (χ0n) is 12.3. The van der Waals surface area contributed by atoms with Crippen LogP contribution in [0.5, 0.6) is 11.5 Å². The smallest absolute Gasteiger partial charge is 0.310 e. The third-order valence-electron chi connectivity index (χ3n) is 3.31. The molecule has 2 aromatic rings. The average molecular weight is 329 g/mol. The molecule has 0 unspecified atom stereocenters. The fourth-order valence-corrected chi connectivity index (χ4v) is 2.38. The van der Waals surface area contributed by atoms with Gasteiger partial charge in [0.2, 0.25) is 5.78 Å². The van der Waals surface area contributed by atoms with Gasteiger partial charge in [0.1, 0.15) is 11.5 Å². The Morgan fingerprint density at radius 3 is 2.83 bits per heavy atom. The fraction of sp³-hybridized carbons (Fsp3) is 0.111. The lowest BCUT2D eigenvalue weighted by atomic mass is 10.1. The van der Waals surface area contributed by atoms with E-state index in [0.29, 0.717) is 22.1 Å². The molecule has 0 atom stereocenters. The second-order valence-corrected chi connectivity index (χ2v) is 5.42. The Balaban J connectivity index is 1.88. The molecule has 0 aliphatic carbocycles. The van der Waals surface area contributed by atoms with E-state index in [1.54, 1.807) is 49.4 Å². The molecule has 0 radical (unpaired) electrons. The van der Waals surface area contributed by atoms with Crippen molar-refractivity contribution in [3.8, 4) is 11.5 Å². The van der Waals surface area contributed by atoms with E-state index in [2.05, 4.69) is 0 Å². The molecule has 0 saturated heterocycles. The number of rotatable bonds is 3. The van der Waals surface area contributed by atoms with Crippen molar-refractivity contribution < 1.29 is 19.1 Å². The highest BCUT2D eigenvalue weighted by Gasteiger charge is 2.27. The van der Waals surface area contributed by atoms with Crippen molar-refractivity contribution in [2.45, 2.75) is 13.3 Å². The number of allylic oxidation sites excluding steroid dienone is 1. The van der Waals surface area contributed by atoms with E-state index in [1.165, 1.54) is 0 Å². The quantitative estimate of drug-likeness (QED) is 0.479. The summed E-state index contributed by atoms with van der Waals surface area (Å²) in [5.41, 5.74) is 1.21.